The molecule has 1 aliphatic rings. The van der Waals surface area contributed by atoms with Gasteiger partial charge in [-0.1, -0.05) is 29.8 Å². The van der Waals surface area contributed by atoms with E-state index >= 15 is 0 Å². The van der Waals surface area contributed by atoms with Crippen LogP contribution in [0.25, 0.3) is 0 Å². The number of para-hydroxylation sites is 1. The number of hydrogen-bond donors (Lipinski definition) is 1. The number of rotatable bonds is 8. The average molecular weight is 409 g/mol. The molecule has 6 heteroatoms. The molecule has 0 saturated heterocycles. The van der Waals surface area contributed by atoms with Gasteiger partial charge >= 0.3 is 11.9 Å². The Hall–Kier alpha value is -3.28. The highest BCUT2D eigenvalue weighted by molar-refractivity contribution is 6.01. The van der Waals surface area contributed by atoms with Crippen LogP contribution in [0.15, 0.2) is 42.0 Å². The van der Waals surface area contributed by atoms with Crippen LogP contribution in [0.3, 0.4) is 0 Å². The third kappa shape index (κ3) is 4.48. The lowest BCUT2D eigenvalue weighted by Crippen LogP contribution is -2.09. The molecule has 0 fully saturated rings. The maximum atomic E-state index is 12.2. The second kappa shape index (κ2) is 9.48. The van der Waals surface area contributed by atoms with Gasteiger partial charge in [0.15, 0.2) is 0 Å². The van der Waals surface area contributed by atoms with Gasteiger partial charge in [0.1, 0.15) is 18.1 Å². The molecule has 0 spiro atoms. The first-order chi connectivity index (χ1) is 14.5. The maximum absolute atomic E-state index is 12.2. The number of methoxy groups -OCH3 is 1. The van der Waals surface area contributed by atoms with Crippen molar-refractivity contribution in [3.63, 3.8) is 0 Å². The van der Waals surface area contributed by atoms with Gasteiger partial charge in [0, 0.05) is 24.6 Å². The molecular formula is C24H27NO5. The Morgan fingerprint density at radius 1 is 1.23 bits per heavy atom. The first-order valence-corrected chi connectivity index (χ1v) is 9.94. The molecule has 1 heterocycles. The summed E-state index contributed by atoms with van der Waals surface area (Å²) in [6, 6.07) is 9.04. The van der Waals surface area contributed by atoms with Gasteiger partial charge in [-0.05, 0) is 44.4 Å². The molecule has 0 bridgehead atoms. The van der Waals surface area contributed by atoms with Crippen LogP contribution in [-0.2, 0) is 22.6 Å². The number of cyclic esters (lactones) is 1. The molecule has 0 aromatic heterocycles. The summed E-state index contributed by atoms with van der Waals surface area (Å²) in [4.78, 5) is 24.3. The Morgan fingerprint density at radius 3 is 2.63 bits per heavy atom. The van der Waals surface area contributed by atoms with Gasteiger partial charge in [0.25, 0.3) is 0 Å². The molecule has 0 atom stereocenters. The minimum absolute atomic E-state index is 0.265. The highest BCUT2D eigenvalue weighted by Gasteiger charge is 2.31. The zero-order valence-electron chi connectivity index (χ0n) is 17.8. The van der Waals surface area contributed by atoms with Crippen molar-refractivity contribution in [2.45, 2.75) is 39.7 Å². The van der Waals surface area contributed by atoms with Crippen LogP contribution < -0.4 is 14.8 Å². The molecule has 2 aromatic rings. The third-order valence-corrected chi connectivity index (χ3v) is 5.28. The van der Waals surface area contributed by atoms with E-state index < -0.39 is 0 Å². The highest BCUT2D eigenvalue weighted by Crippen LogP contribution is 2.41. The van der Waals surface area contributed by atoms with Crippen molar-refractivity contribution in [3.05, 3.63) is 64.2 Å². The van der Waals surface area contributed by atoms with E-state index in [-0.39, 0.29) is 18.5 Å². The number of carbonyl (C=O) groups excluding carboxylic acids is 2. The normalized spacial score (nSPS) is 12.9. The van der Waals surface area contributed by atoms with E-state index in [1.165, 1.54) is 0 Å². The van der Waals surface area contributed by atoms with Crippen molar-refractivity contribution >= 4 is 17.6 Å². The van der Waals surface area contributed by atoms with Crippen LogP contribution in [0.1, 0.15) is 46.8 Å². The predicted molar refractivity (Wildman–Crippen MR) is 115 cm³/mol. The zero-order valence-corrected chi connectivity index (χ0v) is 17.8. The van der Waals surface area contributed by atoms with Crippen LogP contribution >= 0.6 is 0 Å². The monoisotopic (exact) mass is 409 g/mol. The molecule has 0 aliphatic carbocycles. The predicted octanol–water partition coefficient (Wildman–Crippen LogP) is 4.59. The Labute approximate surface area is 176 Å². The van der Waals surface area contributed by atoms with Crippen molar-refractivity contribution < 1.29 is 23.8 Å². The fourth-order valence-electron chi connectivity index (χ4n) is 3.68. The Balaban J connectivity index is 1.73. The standard InChI is InChI=1S/C24H27NO5/c1-15(11-13-20(26)30-17-8-6-5-7-9-17)10-12-18-22(25-3)21-19(14-29-24(21)27)16(2)23(18)28-4/h5-10,25H,11-14H2,1-4H3. The smallest absolute Gasteiger partial charge is 0.341 e. The fourth-order valence-corrected chi connectivity index (χ4v) is 3.68. The summed E-state index contributed by atoms with van der Waals surface area (Å²) in [5, 5.41) is 3.15. The summed E-state index contributed by atoms with van der Waals surface area (Å²) in [7, 11) is 3.42. The Kier molecular flexibility index (Phi) is 6.77. The molecule has 1 aliphatic heterocycles. The van der Waals surface area contributed by atoms with Crippen LogP contribution in [0.5, 0.6) is 11.5 Å². The molecule has 158 valence electrons. The molecule has 1 N–H and O–H groups in total. The number of anilines is 1. The number of fused-ring (bicyclic) bond motifs is 1. The van der Waals surface area contributed by atoms with E-state index in [4.69, 9.17) is 14.2 Å². The number of nitrogens with one attached hydrogen (secondary N) is 1. The van der Waals surface area contributed by atoms with Crippen LogP contribution in [-0.4, -0.2) is 26.1 Å². The number of ether oxygens (including phenoxy) is 3. The Morgan fingerprint density at radius 2 is 1.97 bits per heavy atom. The van der Waals surface area contributed by atoms with Gasteiger partial charge in [0.05, 0.1) is 18.4 Å². The van der Waals surface area contributed by atoms with Gasteiger partial charge < -0.3 is 19.5 Å². The first kappa shape index (κ1) is 21.4. The fraction of sp³-hybridized carbons (Fsp3) is 0.333. The number of allylic oxidation sites excluding steroid dienone is 2. The van der Waals surface area contributed by atoms with Crippen LogP contribution in [0, 0.1) is 6.92 Å². The number of benzene rings is 2. The van der Waals surface area contributed by atoms with E-state index in [1.807, 2.05) is 32.0 Å². The van der Waals surface area contributed by atoms with Crippen molar-refractivity contribution in [1.82, 2.24) is 0 Å². The van der Waals surface area contributed by atoms with Crippen molar-refractivity contribution in [3.8, 4) is 11.5 Å². The van der Waals surface area contributed by atoms with E-state index in [9.17, 15) is 9.59 Å². The first-order valence-electron chi connectivity index (χ1n) is 9.94. The van der Waals surface area contributed by atoms with Crippen molar-refractivity contribution in [2.24, 2.45) is 0 Å². The molecule has 6 nitrogen and oxygen atoms in total. The lowest BCUT2D eigenvalue weighted by Gasteiger charge is -2.18. The van der Waals surface area contributed by atoms with Gasteiger partial charge in [-0.25, -0.2) is 4.79 Å². The van der Waals surface area contributed by atoms with Crippen LogP contribution in [0.2, 0.25) is 0 Å². The maximum Gasteiger partial charge on any atom is 0.341 e. The molecule has 0 amide bonds. The molecular weight excluding hydrogens is 382 g/mol. The zero-order chi connectivity index (χ0) is 21.7. The molecule has 2 aromatic carbocycles. The third-order valence-electron chi connectivity index (χ3n) is 5.28. The highest BCUT2D eigenvalue weighted by atomic mass is 16.5. The quantitative estimate of drug-likeness (QED) is 0.391. The van der Waals surface area contributed by atoms with Gasteiger partial charge in [0.2, 0.25) is 0 Å². The molecule has 0 saturated carbocycles. The Bertz CT molecular complexity index is 979. The number of hydrogen-bond acceptors (Lipinski definition) is 6. The lowest BCUT2D eigenvalue weighted by molar-refractivity contribution is -0.134. The molecule has 30 heavy (non-hydrogen) atoms. The summed E-state index contributed by atoms with van der Waals surface area (Å²) >= 11 is 0. The molecule has 0 radical (unpaired) electrons. The molecule has 3 rings (SSSR count). The largest absolute Gasteiger partial charge is 0.496 e. The van der Waals surface area contributed by atoms with Crippen LogP contribution in [0.4, 0.5) is 5.69 Å². The minimum Gasteiger partial charge on any atom is -0.496 e. The van der Waals surface area contributed by atoms with Crippen molar-refractivity contribution in [2.75, 3.05) is 19.5 Å². The SMILES string of the molecule is CNc1c(CC=C(C)CCC(=O)Oc2ccccc2)c(OC)c(C)c2c1C(=O)OC2. The average Bonchev–Trinajstić information content (AvgIpc) is 3.13. The van der Waals surface area contributed by atoms with Gasteiger partial charge in [-0.3, -0.25) is 4.79 Å². The number of esters is 2. The lowest BCUT2D eigenvalue weighted by atomic mass is 9.93. The second-order valence-electron chi connectivity index (χ2n) is 7.23. The summed E-state index contributed by atoms with van der Waals surface area (Å²) in [5.74, 6) is 0.723. The van der Waals surface area contributed by atoms with E-state index in [0.29, 0.717) is 30.6 Å². The summed E-state index contributed by atoms with van der Waals surface area (Å²) < 4.78 is 16.2. The summed E-state index contributed by atoms with van der Waals surface area (Å²) in [6.07, 6.45) is 3.51. The minimum atomic E-state index is -0.314. The second-order valence-corrected chi connectivity index (χ2v) is 7.23. The van der Waals surface area contributed by atoms with E-state index in [2.05, 4.69) is 11.4 Å². The van der Waals surface area contributed by atoms with E-state index in [1.54, 1.807) is 26.3 Å². The van der Waals surface area contributed by atoms with E-state index in [0.717, 1.165) is 33.7 Å². The summed E-state index contributed by atoms with van der Waals surface area (Å²) in [6.45, 7) is 4.19. The van der Waals surface area contributed by atoms with Crippen molar-refractivity contribution in [1.29, 1.82) is 0 Å². The van der Waals surface area contributed by atoms with Gasteiger partial charge in [-0.15, -0.1) is 0 Å². The molecule has 0 unspecified atom stereocenters. The summed E-state index contributed by atoms with van der Waals surface area (Å²) in [5.41, 5.74) is 5.08. The van der Waals surface area contributed by atoms with Gasteiger partial charge in [-0.2, -0.15) is 0 Å². The topological polar surface area (TPSA) is 73.9 Å². The number of carbonyl (C=O) groups is 2.